The van der Waals surface area contributed by atoms with E-state index in [9.17, 15) is 9.59 Å². The van der Waals surface area contributed by atoms with Crippen molar-refractivity contribution in [3.05, 3.63) is 59.1 Å². The maximum Gasteiger partial charge on any atom is 0.260 e. The number of rotatable bonds is 6. The summed E-state index contributed by atoms with van der Waals surface area (Å²) in [6.07, 6.45) is 4.65. The molecule has 0 aromatic heterocycles. The molecule has 0 spiro atoms. The highest BCUT2D eigenvalue weighted by atomic mass is 35.5. The van der Waals surface area contributed by atoms with Crippen molar-refractivity contribution in [1.29, 1.82) is 0 Å². The minimum absolute atomic E-state index is 0.00475. The van der Waals surface area contributed by atoms with E-state index >= 15 is 0 Å². The molecule has 1 heterocycles. The Balaban J connectivity index is 1.82. The number of ether oxygens (including phenoxy) is 2. The molecule has 2 amide bonds. The normalized spacial score (nSPS) is 17.8. The lowest BCUT2D eigenvalue weighted by atomic mass is 10.0. The van der Waals surface area contributed by atoms with Crippen molar-refractivity contribution < 1.29 is 19.1 Å². The summed E-state index contributed by atoms with van der Waals surface area (Å²) >= 11 is 5.97. The first-order valence-corrected chi connectivity index (χ1v) is 13.5. The second kappa shape index (κ2) is 14.1. The van der Waals surface area contributed by atoms with Gasteiger partial charge in [-0.15, -0.1) is 0 Å². The van der Waals surface area contributed by atoms with Gasteiger partial charge in [0.2, 0.25) is 0 Å². The zero-order chi connectivity index (χ0) is 25.9. The molecule has 2 aromatic carbocycles. The highest BCUT2D eigenvalue weighted by Crippen LogP contribution is 2.24. The fourth-order valence-corrected chi connectivity index (χ4v) is 4.69. The van der Waals surface area contributed by atoms with Gasteiger partial charge in [0, 0.05) is 24.7 Å². The van der Waals surface area contributed by atoms with Crippen LogP contribution in [0.1, 0.15) is 63.2 Å². The van der Waals surface area contributed by atoms with E-state index in [2.05, 4.69) is 13.8 Å². The Bertz CT molecular complexity index is 979. The lowest BCUT2D eigenvalue weighted by Crippen LogP contribution is -2.47. The van der Waals surface area contributed by atoms with E-state index in [-0.39, 0.29) is 24.5 Å². The Morgan fingerprint density at radius 2 is 1.75 bits per heavy atom. The molecule has 0 saturated carbocycles. The van der Waals surface area contributed by atoms with E-state index in [0.29, 0.717) is 47.7 Å². The molecule has 0 radical (unpaired) electrons. The van der Waals surface area contributed by atoms with Crippen LogP contribution in [0.3, 0.4) is 0 Å². The molecule has 0 N–H and O–H groups in total. The van der Waals surface area contributed by atoms with Crippen LogP contribution in [-0.2, 0) is 4.79 Å². The van der Waals surface area contributed by atoms with E-state index in [0.717, 1.165) is 38.6 Å². The van der Waals surface area contributed by atoms with Gasteiger partial charge in [-0.1, -0.05) is 50.4 Å². The standard InChI is InChI=1S/C29H39ClN2O4/c1-4-31-17-9-5-6-10-18-32(28(33)21-35-25-15-13-23(30)14-16-25)24(19-22(2)3)20-36-27-12-8-7-11-26(27)29(31)34/h7-8,11-16,22,24H,4-6,9-10,17-21H2,1-3H3/t24-/m0/s1. The fraction of sp³-hybridized carbons (Fsp3) is 0.517. The predicted molar refractivity (Wildman–Crippen MR) is 144 cm³/mol. The summed E-state index contributed by atoms with van der Waals surface area (Å²) in [6, 6.07) is 14.3. The van der Waals surface area contributed by atoms with E-state index in [1.165, 1.54) is 0 Å². The van der Waals surface area contributed by atoms with Crippen LogP contribution in [0, 0.1) is 5.92 Å². The molecule has 196 valence electrons. The van der Waals surface area contributed by atoms with E-state index in [1.54, 1.807) is 24.3 Å². The van der Waals surface area contributed by atoms with Crippen LogP contribution < -0.4 is 9.47 Å². The molecular weight excluding hydrogens is 476 g/mol. The zero-order valence-corrected chi connectivity index (χ0v) is 22.5. The van der Waals surface area contributed by atoms with Crippen LogP contribution in [0.15, 0.2) is 48.5 Å². The molecule has 0 saturated heterocycles. The topological polar surface area (TPSA) is 59.1 Å². The maximum atomic E-state index is 13.4. The summed E-state index contributed by atoms with van der Waals surface area (Å²) in [5, 5.41) is 0.624. The van der Waals surface area contributed by atoms with Gasteiger partial charge >= 0.3 is 0 Å². The van der Waals surface area contributed by atoms with Gasteiger partial charge in [0.25, 0.3) is 11.8 Å². The van der Waals surface area contributed by atoms with Gasteiger partial charge in [0.05, 0.1) is 11.6 Å². The highest BCUT2D eigenvalue weighted by molar-refractivity contribution is 6.30. The van der Waals surface area contributed by atoms with Crippen LogP contribution in [0.25, 0.3) is 0 Å². The summed E-state index contributed by atoms with van der Waals surface area (Å²) in [5.74, 6) is 1.48. The number of fused-ring (bicyclic) bond motifs is 1. The van der Waals surface area contributed by atoms with Crippen LogP contribution in [-0.4, -0.2) is 60.5 Å². The molecule has 6 nitrogen and oxygen atoms in total. The lowest BCUT2D eigenvalue weighted by molar-refractivity contribution is -0.137. The largest absolute Gasteiger partial charge is 0.491 e. The first-order chi connectivity index (χ1) is 17.4. The average molecular weight is 515 g/mol. The first-order valence-electron chi connectivity index (χ1n) is 13.1. The molecular formula is C29H39ClN2O4. The number of benzene rings is 2. The molecule has 7 heteroatoms. The second-order valence-corrected chi connectivity index (χ2v) is 10.2. The number of para-hydroxylation sites is 1. The van der Waals surface area contributed by atoms with Crippen LogP contribution >= 0.6 is 11.6 Å². The molecule has 2 aromatic rings. The maximum absolute atomic E-state index is 13.4. The number of carbonyl (C=O) groups is 2. The Kier molecular flexibility index (Phi) is 10.9. The van der Waals surface area contributed by atoms with E-state index in [4.69, 9.17) is 21.1 Å². The fourth-order valence-electron chi connectivity index (χ4n) is 4.57. The van der Waals surface area contributed by atoms with Crippen molar-refractivity contribution in [2.24, 2.45) is 5.92 Å². The van der Waals surface area contributed by atoms with Crippen molar-refractivity contribution in [3.8, 4) is 11.5 Å². The molecule has 1 aliphatic heterocycles. The average Bonchev–Trinajstić information content (AvgIpc) is 2.87. The molecule has 0 fully saturated rings. The Labute approximate surface area is 220 Å². The zero-order valence-electron chi connectivity index (χ0n) is 21.7. The Morgan fingerprint density at radius 1 is 1.06 bits per heavy atom. The van der Waals surface area contributed by atoms with Gasteiger partial charge in [-0.05, 0) is 68.5 Å². The summed E-state index contributed by atoms with van der Waals surface area (Å²) < 4.78 is 12.1. The number of halogens is 1. The van der Waals surface area contributed by atoms with Crippen molar-refractivity contribution in [2.75, 3.05) is 32.8 Å². The van der Waals surface area contributed by atoms with Gasteiger partial charge in [-0.2, -0.15) is 0 Å². The minimum Gasteiger partial charge on any atom is -0.491 e. The van der Waals surface area contributed by atoms with Crippen molar-refractivity contribution in [2.45, 2.75) is 58.9 Å². The molecule has 0 aliphatic carbocycles. The summed E-state index contributed by atoms with van der Waals surface area (Å²) in [5.41, 5.74) is 0.573. The molecule has 0 unspecified atom stereocenters. The van der Waals surface area contributed by atoms with Crippen LogP contribution in [0.2, 0.25) is 5.02 Å². The number of carbonyl (C=O) groups excluding carboxylic acids is 2. The minimum atomic E-state index is -0.125. The number of amides is 2. The monoisotopic (exact) mass is 514 g/mol. The number of hydrogen-bond donors (Lipinski definition) is 0. The van der Waals surface area contributed by atoms with Gasteiger partial charge < -0.3 is 19.3 Å². The van der Waals surface area contributed by atoms with Gasteiger partial charge in [-0.25, -0.2) is 0 Å². The number of hydrogen-bond acceptors (Lipinski definition) is 4. The lowest BCUT2D eigenvalue weighted by Gasteiger charge is -2.33. The highest BCUT2D eigenvalue weighted by Gasteiger charge is 2.27. The molecule has 1 aliphatic rings. The second-order valence-electron chi connectivity index (χ2n) is 9.72. The third-order valence-electron chi connectivity index (χ3n) is 6.48. The summed E-state index contributed by atoms with van der Waals surface area (Å²) in [4.78, 5) is 30.5. The Hall–Kier alpha value is -2.73. The third-order valence-corrected chi connectivity index (χ3v) is 6.73. The summed E-state index contributed by atoms with van der Waals surface area (Å²) in [7, 11) is 0. The van der Waals surface area contributed by atoms with Crippen molar-refractivity contribution in [3.63, 3.8) is 0 Å². The van der Waals surface area contributed by atoms with Crippen molar-refractivity contribution in [1.82, 2.24) is 9.80 Å². The summed E-state index contributed by atoms with van der Waals surface area (Å²) in [6.45, 7) is 8.62. The number of nitrogens with zero attached hydrogens (tertiary/aromatic N) is 2. The van der Waals surface area contributed by atoms with E-state index in [1.807, 2.05) is 41.0 Å². The van der Waals surface area contributed by atoms with Crippen molar-refractivity contribution >= 4 is 23.4 Å². The molecule has 0 bridgehead atoms. The van der Waals surface area contributed by atoms with Crippen LogP contribution in [0.5, 0.6) is 11.5 Å². The van der Waals surface area contributed by atoms with Crippen LogP contribution in [0.4, 0.5) is 0 Å². The van der Waals surface area contributed by atoms with Gasteiger partial charge in [-0.3, -0.25) is 9.59 Å². The predicted octanol–water partition coefficient (Wildman–Crippen LogP) is 6.08. The molecule has 36 heavy (non-hydrogen) atoms. The molecule has 3 rings (SSSR count). The Morgan fingerprint density at radius 3 is 2.44 bits per heavy atom. The van der Waals surface area contributed by atoms with E-state index < -0.39 is 0 Å². The third kappa shape index (κ3) is 8.16. The molecule has 1 atom stereocenters. The smallest absolute Gasteiger partial charge is 0.260 e. The van der Waals surface area contributed by atoms with Gasteiger partial charge in [0.1, 0.15) is 18.1 Å². The SMILES string of the molecule is CCN1CCCCCCN(C(=O)COc2ccc(Cl)cc2)[C@@H](CC(C)C)COc2ccccc2C1=O. The quantitative estimate of drug-likeness (QED) is 0.469. The van der Waals surface area contributed by atoms with Gasteiger partial charge in [0.15, 0.2) is 6.61 Å². The first kappa shape index (κ1) is 27.9.